The van der Waals surface area contributed by atoms with Gasteiger partial charge in [0.25, 0.3) is 0 Å². The lowest BCUT2D eigenvalue weighted by atomic mass is 10.2. The zero-order valence-electron chi connectivity index (χ0n) is 10.1. The Morgan fingerprint density at radius 2 is 1.94 bits per heavy atom. The molecule has 0 aliphatic rings. The van der Waals surface area contributed by atoms with Crippen LogP contribution in [-0.2, 0) is 6.54 Å². The molecule has 0 aliphatic carbocycles. The third-order valence-corrected chi connectivity index (χ3v) is 2.62. The van der Waals surface area contributed by atoms with Gasteiger partial charge < -0.3 is 20.3 Å². The Hall–Kier alpha value is -2.36. The van der Waals surface area contributed by atoms with Gasteiger partial charge in [-0.2, -0.15) is 0 Å². The van der Waals surface area contributed by atoms with E-state index in [1.54, 1.807) is 43.5 Å². The van der Waals surface area contributed by atoms with Crippen molar-refractivity contribution in [1.82, 2.24) is 0 Å². The summed E-state index contributed by atoms with van der Waals surface area (Å²) < 4.78 is 5.02. The average Bonchev–Trinajstić information content (AvgIpc) is 2.37. The van der Waals surface area contributed by atoms with Crippen LogP contribution in [0.4, 0.5) is 5.69 Å². The molecule has 4 heteroatoms. The van der Waals surface area contributed by atoms with E-state index in [1.165, 1.54) is 0 Å². The van der Waals surface area contributed by atoms with Crippen molar-refractivity contribution in [3.8, 4) is 17.2 Å². The zero-order valence-corrected chi connectivity index (χ0v) is 10.1. The first-order chi connectivity index (χ1) is 8.69. The van der Waals surface area contributed by atoms with Gasteiger partial charge >= 0.3 is 0 Å². The summed E-state index contributed by atoms with van der Waals surface area (Å²) in [6, 6.07) is 12.0. The van der Waals surface area contributed by atoms with E-state index in [0.717, 1.165) is 11.3 Å². The first-order valence-corrected chi connectivity index (χ1v) is 5.58. The number of phenolic OH excluding ortho intramolecular Hbond substituents is 2. The largest absolute Gasteiger partial charge is 0.508 e. The van der Waals surface area contributed by atoms with Crippen LogP contribution in [0.5, 0.6) is 17.2 Å². The monoisotopic (exact) mass is 245 g/mol. The summed E-state index contributed by atoms with van der Waals surface area (Å²) in [5, 5.41) is 22.2. The molecule has 18 heavy (non-hydrogen) atoms. The van der Waals surface area contributed by atoms with Gasteiger partial charge in [-0.25, -0.2) is 0 Å². The fraction of sp³-hybridized carbons (Fsp3) is 0.143. The number of methoxy groups -OCH3 is 1. The lowest BCUT2D eigenvalue weighted by molar-refractivity contribution is 0.406. The second kappa shape index (κ2) is 5.31. The van der Waals surface area contributed by atoms with Crippen LogP contribution in [0.2, 0.25) is 0 Å². The molecule has 0 unspecified atom stereocenters. The smallest absolute Gasteiger partial charge is 0.124 e. The van der Waals surface area contributed by atoms with E-state index in [1.807, 2.05) is 6.07 Å². The van der Waals surface area contributed by atoms with E-state index in [9.17, 15) is 10.2 Å². The third kappa shape index (κ3) is 2.85. The van der Waals surface area contributed by atoms with Crippen LogP contribution in [-0.4, -0.2) is 17.3 Å². The Labute approximate surface area is 105 Å². The van der Waals surface area contributed by atoms with Crippen LogP contribution in [0.15, 0.2) is 42.5 Å². The molecule has 0 radical (unpaired) electrons. The predicted octanol–water partition coefficient (Wildman–Crippen LogP) is 2.72. The van der Waals surface area contributed by atoms with Crippen molar-refractivity contribution in [1.29, 1.82) is 0 Å². The minimum Gasteiger partial charge on any atom is -0.508 e. The summed E-state index contributed by atoms with van der Waals surface area (Å²) in [7, 11) is 1.56. The molecule has 4 nitrogen and oxygen atoms in total. The van der Waals surface area contributed by atoms with Gasteiger partial charge in [0.1, 0.15) is 17.2 Å². The first-order valence-electron chi connectivity index (χ1n) is 5.58. The van der Waals surface area contributed by atoms with E-state index in [4.69, 9.17) is 4.74 Å². The molecule has 3 N–H and O–H groups in total. The molecule has 0 bridgehead atoms. The molecule has 0 fully saturated rings. The molecule has 2 aromatic carbocycles. The Balaban J connectivity index is 2.06. The van der Waals surface area contributed by atoms with Crippen LogP contribution in [0.25, 0.3) is 0 Å². The fourth-order valence-electron chi connectivity index (χ4n) is 1.63. The number of phenols is 2. The molecule has 0 heterocycles. The maximum Gasteiger partial charge on any atom is 0.124 e. The summed E-state index contributed by atoms with van der Waals surface area (Å²) in [6.07, 6.45) is 0. The van der Waals surface area contributed by atoms with Crippen LogP contribution in [0, 0.1) is 0 Å². The Morgan fingerprint density at radius 1 is 1.11 bits per heavy atom. The van der Waals surface area contributed by atoms with Crippen molar-refractivity contribution >= 4 is 5.69 Å². The second-order valence-electron chi connectivity index (χ2n) is 3.90. The molecule has 2 aromatic rings. The highest BCUT2D eigenvalue weighted by Gasteiger charge is 2.03. The van der Waals surface area contributed by atoms with Gasteiger partial charge in [-0.1, -0.05) is 6.07 Å². The van der Waals surface area contributed by atoms with Crippen molar-refractivity contribution in [2.45, 2.75) is 6.54 Å². The first kappa shape index (κ1) is 12.1. The van der Waals surface area contributed by atoms with E-state index in [2.05, 4.69) is 5.32 Å². The highest BCUT2D eigenvalue weighted by Crippen LogP contribution is 2.24. The van der Waals surface area contributed by atoms with Crippen molar-refractivity contribution < 1.29 is 14.9 Å². The number of nitrogens with one attached hydrogen (secondary N) is 1. The summed E-state index contributed by atoms with van der Waals surface area (Å²) in [6.45, 7) is 0.472. The fourth-order valence-corrected chi connectivity index (χ4v) is 1.63. The van der Waals surface area contributed by atoms with Gasteiger partial charge in [0, 0.05) is 29.9 Å². The lowest BCUT2D eigenvalue weighted by Gasteiger charge is -2.09. The quantitative estimate of drug-likeness (QED) is 0.775. The number of anilines is 1. The second-order valence-corrected chi connectivity index (χ2v) is 3.90. The topological polar surface area (TPSA) is 61.7 Å². The van der Waals surface area contributed by atoms with E-state index >= 15 is 0 Å². The highest BCUT2D eigenvalue weighted by molar-refractivity contribution is 5.49. The van der Waals surface area contributed by atoms with Gasteiger partial charge in [-0.3, -0.25) is 0 Å². The average molecular weight is 245 g/mol. The Morgan fingerprint density at radius 3 is 2.61 bits per heavy atom. The third-order valence-electron chi connectivity index (χ3n) is 2.62. The number of hydrogen-bond acceptors (Lipinski definition) is 4. The van der Waals surface area contributed by atoms with Crippen LogP contribution in [0.1, 0.15) is 5.56 Å². The summed E-state index contributed by atoms with van der Waals surface area (Å²) in [4.78, 5) is 0. The zero-order chi connectivity index (χ0) is 13.0. The van der Waals surface area contributed by atoms with Gasteiger partial charge in [0.15, 0.2) is 0 Å². The van der Waals surface area contributed by atoms with E-state index in [0.29, 0.717) is 12.3 Å². The molecule has 0 saturated carbocycles. The van der Waals surface area contributed by atoms with Gasteiger partial charge in [-0.05, 0) is 24.3 Å². The maximum atomic E-state index is 9.79. The number of hydrogen-bond donors (Lipinski definition) is 3. The molecule has 0 spiro atoms. The van der Waals surface area contributed by atoms with Crippen LogP contribution < -0.4 is 10.1 Å². The number of aromatic hydroxyl groups is 2. The molecule has 0 amide bonds. The van der Waals surface area contributed by atoms with Crippen molar-refractivity contribution in [2.24, 2.45) is 0 Å². The molecule has 0 saturated heterocycles. The van der Waals surface area contributed by atoms with Gasteiger partial charge in [0.2, 0.25) is 0 Å². The predicted molar refractivity (Wildman–Crippen MR) is 70.1 cm³/mol. The normalized spacial score (nSPS) is 10.1. The standard InChI is InChI=1S/C14H15NO3/c1-18-13-6-5-10(14(17)8-13)9-15-11-3-2-4-12(16)7-11/h2-8,15-17H,9H2,1H3. The molecular formula is C14H15NO3. The molecule has 0 aliphatic heterocycles. The summed E-state index contributed by atoms with van der Waals surface area (Å²) >= 11 is 0. The Kier molecular flexibility index (Phi) is 3.57. The maximum absolute atomic E-state index is 9.79. The van der Waals surface area contributed by atoms with E-state index < -0.39 is 0 Å². The minimum absolute atomic E-state index is 0.182. The van der Waals surface area contributed by atoms with Crippen molar-refractivity contribution in [2.75, 3.05) is 12.4 Å². The van der Waals surface area contributed by atoms with Crippen LogP contribution >= 0.6 is 0 Å². The Bertz CT molecular complexity index is 540. The molecule has 2 rings (SSSR count). The number of ether oxygens (including phenoxy) is 1. The van der Waals surface area contributed by atoms with Crippen molar-refractivity contribution in [3.05, 3.63) is 48.0 Å². The van der Waals surface area contributed by atoms with E-state index in [-0.39, 0.29) is 11.5 Å². The van der Waals surface area contributed by atoms with Crippen molar-refractivity contribution in [3.63, 3.8) is 0 Å². The molecule has 0 aromatic heterocycles. The molecule has 0 atom stereocenters. The summed E-state index contributed by atoms with van der Waals surface area (Å²) in [5.41, 5.74) is 1.56. The van der Waals surface area contributed by atoms with Gasteiger partial charge in [0.05, 0.1) is 7.11 Å². The number of rotatable bonds is 4. The summed E-state index contributed by atoms with van der Waals surface area (Å²) in [5.74, 6) is 1.01. The lowest BCUT2D eigenvalue weighted by Crippen LogP contribution is -1.99. The SMILES string of the molecule is COc1ccc(CNc2cccc(O)c2)c(O)c1. The molecule has 94 valence electrons. The van der Waals surface area contributed by atoms with Gasteiger partial charge in [-0.15, -0.1) is 0 Å². The van der Waals surface area contributed by atoms with Crippen LogP contribution in [0.3, 0.4) is 0 Å². The highest BCUT2D eigenvalue weighted by atomic mass is 16.5. The number of benzene rings is 2. The molecular weight excluding hydrogens is 230 g/mol. The minimum atomic E-state index is 0.182.